The standard InChI is InChI=1S/C21H31NO/c1-16(2)17-10-12-21(13-11-17)14-15-22(19(21)23)20(3,4)18-8-6-5-7-9-18/h5-9,16-17H,10-15H2,1-4H3. The van der Waals surface area contributed by atoms with Crippen molar-refractivity contribution in [3.63, 3.8) is 0 Å². The van der Waals surface area contributed by atoms with Crippen LogP contribution in [-0.2, 0) is 10.3 Å². The molecule has 1 spiro atoms. The third kappa shape index (κ3) is 2.81. The molecule has 1 aliphatic heterocycles. The summed E-state index contributed by atoms with van der Waals surface area (Å²) in [4.78, 5) is 15.5. The lowest BCUT2D eigenvalue weighted by Gasteiger charge is -2.40. The van der Waals surface area contributed by atoms with E-state index in [0.29, 0.717) is 5.91 Å². The first-order valence-electron chi connectivity index (χ1n) is 9.24. The van der Waals surface area contributed by atoms with E-state index < -0.39 is 0 Å². The molecule has 1 heterocycles. The number of hydrogen-bond donors (Lipinski definition) is 0. The molecule has 126 valence electrons. The second-order valence-corrected chi connectivity index (χ2v) is 8.49. The molecule has 2 heteroatoms. The molecular weight excluding hydrogens is 282 g/mol. The van der Waals surface area contributed by atoms with Gasteiger partial charge in [0.1, 0.15) is 0 Å². The monoisotopic (exact) mass is 313 g/mol. The normalized spacial score (nSPS) is 28.8. The van der Waals surface area contributed by atoms with Crippen molar-refractivity contribution in [2.24, 2.45) is 17.3 Å². The van der Waals surface area contributed by atoms with Crippen LogP contribution in [0.5, 0.6) is 0 Å². The Morgan fingerprint density at radius 2 is 1.70 bits per heavy atom. The van der Waals surface area contributed by atoms with Gasteiger partial charge in [-0.1, -0.05) is 44.2 Å². The maximum Gasteiger partial charge on any atom is 0.229 e. The Bertz CT molecular complexity index is 552. The summed E-state index contributed by atoms with van der Waals surface area (Å²) in [5.74, 6) is 1.97. The predicted molar refractivity (Wildman–Crippen MR) is 95.0 cm³/mol. The van der Waals surface area contributed by atoms with Crippen LogP contribution in [0.3, 0.4) is 0 Å². The van der Waals surface area contributed by atoms with E-state index in [1.807, 2.05) is 6.07 Å². The summed E-state index contributed by atoms with van der Waals surface area (Å²) >= 11 is 0. The Labute approximate surface area is 141 Å². The van der Waals surface area contributed by atoms with Crippen molar-refractivity contribution in [3.05, 3.63) is 35.9 Å². The molecule has 0 aromatic heterocycles. The predicted octanol–water partition coefficient (Wildman–Crippen LogP) is 4.99. The molecule has 0 N–H and O–H groups in total. The summed E-state index contributed by atoms with van der Waals surface area (Å²) in [5.41, 5.74) is 0.968. The Kier molecular flexibility index (Phi) is 4.29. The second-order valence-electron chi connectivity index (χ2n) is 8.49. The fourth-order valence-corrected chi connectivity index (χ4v) is 4.68. The van der Waals surface area contributed by atoms with Crippen molar-refractivity contribution < 1.29 is 4.79 Å². The molecule has 0 unspecified atom stereocenters. The van der Waals surface area contributed by atoms with Crippen LogP contribution < -0.4 is 0 Å². The molecule has 3 rings (SSSR count). The van der Waals surface area contributed by atoms with Gasteiger partial charge < -0.3 is 4.90 Å². The Balaban J connectivity index is 1.77. The molecular formula is C21H31NO. The molecule has 1 aliphatic carbocycles. The van der Waals surface area contributed by atoms with Gasteiger partial charge in [-0.05, 0) is 63.4 Å². The Morgan fingerprint density at radius 1 is 1.09 bits per heavy atom. The van der Waals surface area contributed by atoms with E-state index in [2.05, 4.69) is 56.9 Å². The maximum absolute atomic E-state index is 13.3. The lowest BCUT2D eigenvalue weighted by molar-refractivity contribution is -0.142. The van der Waals surface area contributed by atoms with Crippen LogP contribution in [0, 0.1) is 17.3 Å². The third-order valence-corrected chi connectivity index (χ3v) is 6.60. The van der Waals surface area contributed by atoms with E-state index in [4.69, 9.17) is 0 Å². The third-order valence-electron chi connectivity index (χ3n) is 6.60. The van der Waals surface area contributed by atoms with E-state index in [1.54, 1.807) is 0 Å². The zero-order chi connectivity index (χ0) is 16.7. The van der Waals surface area contributed by atoms with Crippen LogP contribution in [0.1, 0.15) is 65.4 Å². The molecule has 1 amide bonds. The van der Waals surface area contributed by atoms with E-state index >= 15 is 0 Å². The smallest absolute Gasteiger partial charge is 0.229 e. The minimum atomic E-state index is -0.212. The van der Waals surface area contributed by atoms with Crippen molar-refractivity contribution in [1.82, 2.24) is 4.90 Å². The van der Waals surface area contributed by atoms with Gasteiger partial charge in [-0.15, -0.1) is 0 Å². The number of amides is 1. The van der Waals surface area contributed by atoms with Crippen LogP contribution >= 0.6 is 0 Å². The van der Waals surface area contributed by atoms with Crippen LogP contribution in [0.4, 0.5) is 0 Å². The number of likely N-dealkylation sites (tertiary alicyclic amines) is 1. The molecule has 1 saturated carbocycles. The van der Waals surface area contributed by atoms with Crippen molar-refractivity contribution in [2.75, 3.05) is 6.54 Å². The fraction of sp³-hybridized carbons (Fsp3) is 0.667. The number of carbonyl (C=O) groups excluding carboxylic acids is 1. The van der Waals surface area contributed by atoms with Crippen molar-refractivity contribution in [2.45, 2.75) is 65.3 Å². The van der Waals surface area contributed by atoms with Crippen LogP contribution in [0.25, 0.3) is 0 Å². The van der Waals surface area contributed by atoms with Gasteiger partial charge in [0, 0.05) is 6.54 Å². The highest BCUT2D eigenvalue weighted by Gasteiger charge is 2.51. The molecule has 1 aromatic carbocycles. The molecule has 1 aromatic rings. The van der Waals surface area contributed by atoms with E-state index in [1.165, 1.54) is 18.4 Å². The number of rotatable bonds is 3. The second kappa shape index (κ2) is 5.96. The van der Waals surface area contributed by atoms with E-state index in [9.17, 15) is 4.79 Å². The van der Waals surface area contributed by atoms with Gasteiger partial charge in [0.2, 0.25) is 5.91 Å². The van der Waals surface area contributed by atoms with Gasteiger partial charge in [0.15, 0.2) is 0 Å². The highest BCUT2D eigenvalue weighted by molar-refractivity contribution is 5.85. The highest BCUT2D eigenvalue weighted by Crippen LogP contribution is 2.50. The van der Waals surface area contributed by atoms with Crippen molar-refractivity contribution >= 4 is 5.91 Å². The molecule has 23 heavy (non-hydrogen) atoms. The molecule has 0 radical (unpaired) electrons. The fourth-order valence-electron chi connectivity index (χ4n) is 4.68. The lowest BCUT2D eigenvalue weighted by atomic mass is 9.67. The van der Waals surface area contributed by atoms with Gasteiger partial charge in [0.25, 0.3) is 0 Å². The molecule has 0 atom stereocenters. The zero-order valence-electron chi connectivity index (χ0n) is 15.1. The van der Waals surface area contributed by atoms with Gasteiger partial charge in [-0.3, -0.25) is 4.79 Å². The summed E-state index contributed by atoms with van der Waals surface area (Å²) in [5, 5.41) is 0. The highest BCUT2D eigenvalue weighted by atomic mass is 16.2. The van der Waals surface area contributed by atoms with Crippen LogP contribution in [0.15, 0.2) is 30.3 Å². The SMILES string of the molecule is CC(C)C1CCC2(CC1)CCN(C(C)(C)c1ccccc1)C2=O. The first-order valence-corrected chi connectivity index (χ1v) is 9.24. The maximum atomic E-state index is 13.3. The van der Waals surface area contributed by atoms with Gasteiger partial charge in [0.05, 0.1) is 11.0 Å². The summed E-state index contributed by atoms with van der Waals surface area (Å²) in [6, 6.07) is 10.5. The van der Waals surface area contributed by atoms with Crippen LogP contribution in [0.2, 0.25) is 0 Å². The largest absolute Gasteiger partial charge is 0.333 e. The average Bonchev–Trinajstić information content (AvgIpc) is 2.86. The first kappa shape index (κ1) is 16.5. The van der Waals surface area contributed by atoms with Crippen molar-refractivity contribution in [1.29, 1.82) is 0 Å². The molecule has 2 fully saturated rings. The minimum Gasteiger partial charge on any atom is -0.333 e. The molecule has 0 bridgehead atoms. The summed E-state index contributed by atoms with van der Waals surface area (Å²) in [7, 11) is 0. The quantitative estimate of drug-likeness (QED) is 0.770. The summed E-state index contributed by atoms with van der Waals surface area (Å²) in [6.45, 7) is 9.94. The zero-order valence-corrected chi connectivity index (χ0v) is 15.1. The number of carbonyl (C=O) groups is 1. The first-order chi connectivity index (χ1) is 10.9. The van der Waals surface area contributed by atoms with E-state index in [-0.39, 0.29) is 11.0 Å². The Morgan fingerprint density at radius 3 is 2.26 bits per heavy atom. The number of benzene rings is 1. The molecule has 1 saturated heterocycles. The van der Waals surface area contributed by atoms with Gasteiger partial charge >= 0.3 is 0 Å². The van der Waals surface area contributed by atoms with Gasteiger partial charge in [-0.25, -0.2) is 0 Å². The molecule has 2 aliphatic rings. The van der Waals surface area contributed by atoms with E-state index in [0.717, 1.165) is 37.6 Å². The topological polar surface area (TPSA) is 20.3 Å². The number of hydrogen-bond acceptors (Lipinski definition) is 1. The van der Waals surface area contributed by atoms with Gasteiger partial charge in [-0.2, -0.15) is 0 Å². The Hall–Kier alpha value is -1.31. The summed E-state index contributed by atoms with van der Waals surface area (Å²) < 4.78 is 0. The number of nitrogens with zero attached hydrogens (tertiary/aromatic N) is 1. The molecule has 2 nitrogen and oxygen atoms in total. The van der Waals surface area contributed by atoms with Crippen LogP contribution in [-0.4, -0.2) is 17.4 Å². The minimum absolute atomic E-state index is 0.0581. The summed E-state index contributed by atoms with van der Waals surface area (Å²) in [6.07, 6.45) is 5.69. The van der Waals surface area contributed by atoms with Crippen molar-refractivity contribution in [3.8, 4) is 0 Å². The average molecular weight is 313 g/mol. The lowest BCUT2D eigenvalue weighted by Crippen LogP contribution is -2.46.